The predicted molar refractivity (Wildman–Crippen MR) is 70.7 cm³/mol. The van der Waals surface area contributed by atoms with E-state index < -0.39 is 10.0 Å². The van der Waals surface area contributed by atoms with Crippen molar-refractivity contribution in [3.8, 4) is 0 Å². The Balaban J connectivity index is 2.98. The van der Waals surface area contributed by atoms with Crippen molar-refractivity contribution in [2.45, 2.75) is 32.3 Å². The van der Waals surface area contributed by atoms with Crippen LogP contribution in [0.2, 0.25) is 0 Å². The van der Waals surface area contributed by atoms with Crippen LogP contribution in [0.15, 0.2) is 11.2 Å². The van der Waals surface area contributed by atoms with Gasteiger partial charge in [0.15, 0.2) is 5.03 Å². The van der Waals surface area contributed by atoms with Gasteiger partial charge in [-0.2, -0.15) is 4.31 Å². The lowest BCUT2D eigenvalue weighted by Gasteiger charge is -2.18. The van der Waals surface area contributed by atoms with Gasteiger partial charge in [0, 0.05) is 26.3 Å². The number of nitrogens with zero attached hydrogens (tertiary/aromatic N) is 3. The van der Waals surface area contributed by atoms with Gasteiger partial charge < -0.3 is 10.3 Å². The van der Waals surface area contributed by atoms with Crippen LogP contribution in [0.4, 0.5) is 0 Å². The number of hydrogen-bond donors (Lipinski definition) is 1. The molecular weight excluding hydrogens is 252 g/mol. The highest BCUT2D eigenvalue weighted by Crippen LogP contribution is 2.15. The van der Waals surface area contributed by atoms with Crippen molar-refractivity contribution >= 4 is 10.0 Å². The summed E-state index contributed by atoms with van der Waals surface area (Å²) < 4.78 is 27.7. The summed E-state index contributed by atoms with van der Waals surface area (Å²) in [5.41, 5.74) is 5.51. The van der Waals surface area contributed by atoms with Crippen molar-refractivity contribution in [1.82, 2.24) is 13.9 Å². The van der Waals surface area contributed by atoms with E-state index in [2.05, 4.69) is 4.98 Å². The van der Waals surface area contributed by atoms with Gasteiger partial charge in [-0.3, -0.25) is 0 Å². The van der Waals surface area contributed by atoms with E-state index >= 15 is 0 Å². The summed E-state index contributed by atoms with van der Waals surface area (Å²) in [7, 11) is -1.95. The minimum absolute atomic E-state index is 0.105. The van der Waals surface area contributed by atoms with Gasteiger partial charge in [0.1, 0.15) is 5.82 Å². The minimum Gasteiger partial charge on any atom is -0.334 e. The highest BCUT2D eigenvalue weighted by Gasteiger charge is 2.25. The Morgan fingerprint density at radius 1 is 1.56 bits per heavy atom. The van der Waals surface area contributed by atoms with Gasteiger partial charge in [0.2, 0.25) is 0 Å². The molecular formula is C11H22N4O2S. The van der Waals surface area contributed by atoms with Crippen molar-refractivity contribution in [3.05, 3.63) is 12.0 Å². The first-order chi connectivity index (χ1) is 8.32. The summed E-state index contributed by atoms with van der Waals surface area (Å²) >= 11 is 0. The van der Waals surface area contributed by atoms with Gasteiger partial charge in [-0.1, -0.05) is 6.92 Å². The van der Waals surface area contributed by atoms with Crippen molar-refractivity contribution in [3.63, 3.8) is 0 Å². The van der Waals surface area contributed by atoms with E-state index in [1.54, 1.807) is 20.2 Å². The lowest BCUT2D eigenvalue weighted by atomic mass is 10.2. The monoisotopic (exact) mass is 274 g/mol. The van der Waals surface area contributed by atoms with E-state index in [4.69, 9.17) is 5.73 Å². The van der Waals surface area contributed by atoms with E-state index in [1.807, 2.05) is 18.4 Å². The molecule has 104 valence electrons. The first kappa shape index (κ1) is 15.1. The fourth-order valence-electron chi connectivity index (χ4n) is 1.69. The molecule has 7 heteroatoms. The van der Waals surface area contributed by atoms with E-state index in [-0.39, 0.29) is 10.9 Å². The Labute approximate surface area is 109 Å². The van der Waals surface area contributed by atoms with E-state index in [0.717, 1.165) is 0 Å². The molecule has 0 aromatic carbocycles. The first-order valence-corrected chi connectivity index (χ1v) is 7.47. The molecule has 0 fully saturated rings. The highest BCUT2D eigenvalue weighted by atomic mass is 32.2. The van der Waals surface area contributed by atoms with Crippen LogP contribution < -0.4 is 5.73 Å². The third-order valence-electron chi connectivity index (χ3n) is 2.94. The topological polar surface area (TPSA) is 81.2 Å². The van der Waals surface area contributed by atoms with Gasteiger partial charge in [-0.25, -0.2) is 13.4 Å². The van der Waals surface area contributed by atoms with Crippen LogP contribution in [0.1, 0.15) is 19.7 Å². The van der Waals surface area contributed by atoms with Crippen molar-refractivity contribution < 1.29 is 8.42 Å². The zero-order valence-electron chi connectivity index (χ0n) is 11.4. The van der Waals surface area contributed by atoms with Crippen LogP contribution >= 0.6 is 0 Å². The third kappa shape index (κ3) is 3.09. The lowest BCUT2D eigenvalue weighted by Crippen LogP contribution is -2.33. The molecule has 0 amide bonds. The molecule has 0 bridgehead atoms. The van der Waals surface area contributed by atoms with Crippen molar-refractivity contribution in [1.29, 1.82) is 0 Å². The molecule has 6 nitrogen and oxygen atoms in total. The molecule has 0 spiro atoms. The van der Waals surface area contributed by atoms with Crippen LogP contribution in [-0.2, 0) is 16.6 Å². The number of sulfonamides is 1. The molecule has 0 radical (unpaired) electrons. The molecule has 2 N–H and O–H groups in total. The van der Waals surface area contributed by atoms with Gasteiger partial charge in [-0.05, 0) is 26.3 Å². The zero-order valence-corrected chi connectivity index (χ0v) is 12.2. The predicted octanol–water partition coefficient (Wildman–Crippen LogP) is 0.427. The van der Waals surface area contributed by atoms with Crippen molar-refractivity contribution in [2.24, 2.45) is 11.7 Å². The largest absolute Gasteiger partial charge is 0.334 e. The molecule has 0 aliphatic heterocycles. The SMILES string of the molecule is CCn1cc(S(=O)(=O)N(C)CC(C)CN)nc1C. The fraction of sp³-hybridized carbons (Fsp3) is 0.727. The minimum atomic E-state index is -3.51. The Bertz CT molecular complexity index is 495. The molecule has 0 aliphatic carbocycles. The molecule has 0 aliphatic rings. The summed E-state index contributed by atoms with van der Waals surface area (Å²) in [6.45, 7) is 7.23. The van der Waals surface area contributed by atoms with Gasteiger partial charge in [-0.15, -0.1) is 0 Å². The van der Waals surface area contributed by atoms with Crippen LogP contribution in [0, 0.1) is 12.8 Å². The number of aromatic nitrogens is 2. The summed E-state index contributed by atoms with van der Waals surface area (Å²) in [4.78, 5) is 4.11. The average molecular weight is 274 g/mol. The highest BCUT2D eigenvalue weighted by molar-refractivity contribution is 7.89. The van der Waals surface area contributed by atoms with Crippen LogP contribution in [0.25, 0.3) is 0 Å². The third-order valence-corrected chi connectivity index (χ3v) is 4.64. The quantitative estimate of drug-likeness (QED) is 0.815. The maximum atomic E-state index is 12.3. The number of aryl methyl sites for hydroxylation is 2. The summed E-state index contributed by atoms with van der Waals surface area (Å²) in [6.07, 6.45) is 1.58. The van der Waals surface area contributed by atoms with Gasteiger partial charge >= 0.3 is 0 Å². The second-order valence-electron chi connectivity index (χ2n) is 4.54. The molecule has 1 atom stereocenters. The van der Waals surface area contributed by atoms with E-state index in [9.17, 15) is 8.42 Å². The average Bonchev–Trinajstić information content (AvgIpc) is 2.70. The Kier molecular flexibility index (Phi) is 4.89. The molecule has 1 aromatic rings. The summed E-state index contributed by atoms with van der Waals surface area (Å²) in [5.74, 6) is 0.829. The number of nitrogens with two attached hydrogens (primary N) is 1. The normalized spacial score (nSPS) is 14.1. The molecule has 1 unspecified atom stereocenters. The smallest absolute Gasteiger partial charge is 0.261 e. The van der Waals surface area contributed by atoms with Crippen LogP contribution in [0.5, 0.6) is 0 Å². The van der Waals surface area contributed by atoms with Gasteiger partial charge in [0.05, 0.1) is 0 Å². The fourth-order valence-corrected chi connectivity index (χ4v) is 2.97. The second kappa shape index (κ2) is 5.81. The van der Waals surface area contributed by atoms with Crippen LogP contribution in [-0.4, -0.2) is 42.4 Å². The van der Waals surface area contributed by atoms with E-state index in [0.29, 0.717) is 25.5 Å². The number of rotatable bonds is 6. The van der Waals surface area contributed by atoms with Crippen LogP contribution in [0.3, 0.4) is 0 Å². The lowest BCUT2D eigenvalue weighted by molar-refractivity contribution is 0.403. The number of hydrogen-bond acceptors (Lipinski definition) is 4. The maximum Gasteiger partial charge on any atom is 0.261 e. The first-order valence-electron chi connectivity index (χ1n) is 6.03. The van der Waals surface area contributed by atoms with Crippen molar-refractivity contribution in [2.75, 3.05) is 20.1 Å². The zero-order chi connectivity index (χ0) is 13.9. The second-order valence-corrected chi connectivity index (χ2v) is 6.53. The molecule has 0 saturated heterocycles. The van der Waals surface area contributed by atoms with Gasteiger partial charge in [0.25, 0.3) is 10.0 Å². The molecule has 1 rings (SSSR count). The number of imidazole rings is 1. The molecule has 18 heavy (non-hydrogen) atoms. The standard InChI is InChI=1S/C11H22N4O2S/c1-5-15-8-11(13-10(15)3)18(16,17)14(4)7-9(2)6-12/h8-9H,5-7,12H2,1-4H3. The molecule has 0 saturated carbocycles. The Morgan fingerprint density at radius 2 is 2.17 bits per heavy atom. The van der Waals surface area contributed by atoms with E-state index in [1.165, 1.54) is 4.31 Å². The molecule has 1 aromatic heterocycles. The molecule has 1 heterocycles. The Hall–Kier alpha value is -0.920. The summed E-state index contributed by atoms with van der Waals surface area (Å²) in [5, 5.41) is 0.105. The Morgan fingerprint density at radius 3 is 2.61 bits per heavy atom. The summed E-state index contributed by atoms with van der Waals surface area (Å²) in [6, 6.07) is 0. The maximum absolute atomic E-state index is 12.3.